The van der Waals surface area contributed by atoms with Gasteiger partial charge >= 0.3 is 0 Å². The van der Waals surface area contributed by atoms with E-state index in [4.69, 9.17) is 4.74 Å². The topological polar surface area (TPSA) is 9.23 Å². The molecule has 0 aromatic rings. The van der Waals surface area contributed by atoms with E-state index in [9.17, 15) is 0 Å². The number of unbranched alkanes of at least 4 members (excludes halogenated alkanes) is 2. The van der Waals surface area contributed by atoms with Crippen molar-refractivity contribution in [2.24, 2.45) is 0 Å². The molecule has 0 spiro atoms. The summed E-state index contributed by atoms with van der Waals surface area (Å²) >= 11 is 0. The molecule has 0 unspecified atom stereocenters. The van der Waals surface area contributed by atoms with Crippen molar-refractivity contribution in [2.45, 2.75) is 39.5 Å². The molecule has 0 bridgehead atoms. The highest BCUT2D eigenvalue weighted by Gasteiger charge is 2.12. The highest BCUT2D eigenvalue weighted by Crippen LogP contribution is 2.20. The molecule has 0 atom stereocenters. The van der Waals surface area contributed by atoms with Gasteiger partial charge < -0.3 is 4.74 Å². The van der Waals surface area contributed by atoms with Gasteiger partial charge in [0.25, 0.3) is 0 Å². The van der Waals surface area contributed by atoms with Crippen LogP contribution in [0.4, 0.5) is 0 Å². The third-order valence-corrected chi connectivity index (χ3v) is 2.29. The monoisotopic (exact) mass is 180 g/mol. The molecule has 13 heavy (non-hydrogen) atoms. The number of hydrogen-bond donors (Lipinski definition) is 0. The van der Waals surface area contributed by atoms with Crippen molar-refractivity contribution in [3.05, 3.63) is 23.3 Å². The lowest BCUT2D eigenvalue weighted by Crippen LogP contribution is -1.85. The molecule has 1 aliphatic heterocycles. The van der Waals surface area contributed by atoms with Crippen LogP contribution in [0.1, 0.15) is 39.5 Å². The molecular formula is C12H20O. The number of rotatable bonds is 4. The first-order valence-corrected chi connectivity index (χ1v) is 5.34. The van der Waals surface area contributed by atoms with Gasteiger partial charge in [-0.1, -0.05) is 38.8 Å². The van der Waals surface area contributed by atoms with Gasteiger partial charge in [-0.25, -0.2) is 0 Å². The third kappa shape index (κ3) is 3.35. The molecule has 1 fully saturated rings. The maximum atomic E-state index is 5.43. The molecule has 1 rings (SSSR count). The molecule has 1 saturated heterocycles. The van der Waals surface area contributed by atoms with Gasteiger partial charge in [-0.2, -0.15) is 0 Å². The van der Waals surface area contributed by atoms with Crippen LogP contribution in [0.25, 0.3) is 0 Å². The summed E-state index contributed by atoms with van der Waals surface area (Å²) in [6, 6.07) is 0. The van der Waals surface area contributed by atoms with E-state index < -0.39 is 0 Å². The molecule has 1 aliphatic rings. The van der Waals surface area contributed by atoms with Gasteiger partial charge in [-0.05, 0) is 24.0 Å². The van der Waals surface area contributed by atoms with Crippen LogP contribution in [0.15, 0.2) is 23.3 Å². The second-order valence-corrected chi connectivity index (χ2v) is 3.53. The van der Waals surface area contributed by atoms with Crippen molar-refractivity contribution >= 4 is 0 Å². The fraction of sp³-hybridized carbons (Fsp3) is 0.667. The molecule has 0 aromatic heterocycles. The van der Waals surface area contributed by atoms with Crippen molar-refractivity contribution in [1.82, 2.24) is 0 Å². The van der Waals surface area contributed by atoms with Gasteiger partial charge in [0.1, 0.15) is 0 Å². The van der Waals surface area contributed by atoms with Crippen molar-refractivity contribution in [1.29, 1.82) is 0 Å². The van der Waals surface area contributed by atoms with E-state index in [1.165, 1.54) is 36.8 Å². The van der Waals surface area contributed by atoms with Crippen molar-refractivity contribution in [2.75, 3.05) is 13.2 Å². The average Bonchev–Trinajstić information content (AvgIpc) is 2.59. The summed E-state index contributed by atoms with van der Waals surface area (Å²) in [5.74, 6) is 0. The summed E-state index contributed by atoms with van der Waals surface area (Å²) in [6.07, 6.45) is 9.47. The summed E-state index contributed by atoms with van der Waals surface area (Å²) in [7, 11) is 0. The van der Waals surface area contributed by atoms with Crippen LogP contribution >= 0.6 is 0 Å². The van der Waals surface area contributed by atoms with Crippen LogP contribution < -0.4 is 0 Å². The van der Waals surface area contributed by atoms with Crippen LogP contribution in [0, 0.1) is 0 Å². The standard InChI is InChI=1S/C12H20O/c1-3-5-7-11-9-13-10-12(11)8-6-4-2/h7-8H,3-6,9-10H2,1-2H3. The first-order chi connectivity index (χ1) is 6.38. The predicted octanol–water partition coefficient (Wildman–Crippen LogP) is 3.47. The average molecular weight is 180 g/mol. The minimum Gasteiger partial charge on any atom is -0.372 e. The number of allylic oxidation sites excluding steroid dienone is 2. The Kier molecular flexibility index (Phi) is 4.84. The zero-order chi connectivity index (χ0) is 9.52. The number of hydrogen-bond acceptors (Lipinski definition) is 1. The Balaban J connectivity index is 2.52. The third-order valence-electron chi connectivity index (χ3n) is 2.29. The van der Waals surface area contributed by atoms with Crippen LogP contribution in [-0.4, -0.2) is 13.2 Å². The lowest BCUT2D eigenvalue weighted by Gasteiger charge is -1.97. The quantitative estimate of drug-likeness (QED) is 0.643. The Hall–Kier alpha value is -0.560. The van der Waals surface area contributed by atoms with Gasteiger partial charge in [0.2, 0.25) is 0 Å². The molecule has 0 amide bonds. The van der Waals surface area contributed by atoms with Gasteiger partial charge in [0, 0.05) is 0 Å². The van der Waals surface area contributed by atoms with E-state index >= 15 is 0 Å². The van der Waals surface area contributed by atoms with Gasteiger partial charge in [0.05, 0.1) is 13.2 Å². The summed E-state index contributed by atoms with van der Waals surface area (Å²) in [6.45, 7) is 6.08. The van der Waals surface area contributed by atoms with Gasteiger partial charge in [-0.3, -0.25) is 0 Å². The fourth-order valence-corrected chi connectivity index (χ4v) is 1.47. The highest BCUT2D eigenvalue weighted by atomic mass is 16.5. The van der Waals surface area contributed by atoms with Crippen molar-refractivity contribution in [3.8, 4) is 0 Å². The molecular weight excluding hydrogens is 160 g/mol. The van der Waals surface area contributed by atoms with Crippen LogP contribution in [0.3, 0.4) is 0 Å². The molecule has 0 N–H and O–H groups in total. The van der Waals surface area contributed by atoms with E-state index in [0.717, 1.165) is 13.2 Å². The Labute approximate surface area is 81.5 Å². The Morgan fingerprint density at radius 1 is 1.00 bits per heavy atom. The predicted molar refractivity (Wildman–Crippen MR) is 56.8 cm³/mol. The molecule has 1 heteroatoms. The second-order valence-electron chi connectivity index (χ2n) is 3.53. The molecule has 0 aromatic carbocycles. The SMILES string of the molecule is CCCC=C1COCC1=CCCC. The molecule has 0 aliphatic carbocycles. The lowest BCUT2D eigenvalue weighted by atomic mass is 10.1. The normalized spacial score (nSPS) is 23.2. The first kappa shape index (κ1) is 10.5. The minimum atomic E-state index is 0.829. The largest absolute Gasteiger partial charge is 0.372 e. The Morgan fingerprint density at radius 3 is 1.85 bits per heavy atom. The van der Waals surface area contributed by atoms with Crippen molar-refractivity contribution in [3.63, 3.8) is 0 Å². The summed E-state index contributed by atoms with van der Waals surface area (Å²) in [5.41, 5.74) is 2.85. The lowest BCUT2D eigenvalue weighted by molar-refractivity contribution is 0.214. The highest BCUT2D eigenvalue weighted by molar-refractivity contribution is 5.34. The van der Waals surface area contributed by atoms with E-state index in [1.807, 2.05) is 0 Å². The zero-order valence-corrected chi connectivity index (χ0v) is 8.81. The Morgan fingerprint density at radius 2 is 1.46 bits per heavy atom. The van der Waals surface area contributed by atoms with Crippen LogP contribution in [-0.2, 0) is 4.74 Å². The van der Waals surface area contributed by atoms with E-state index in [-0.39, 0.29) is 0 Å². The van der Waals surface area contributed by atoms with E-state index in [2.05, 4.69) is 26.0 Å². The van der Waals surface area contributed by atoms with E-state index in [1.54, 1.807) is 0 Å². The van der Waals surface area contributed by atoms with E-state index in [0.29, 0.717) is 0 Å². The maximum absolute atomic E-state index is 5.43. The first-order valence-electron chi connectivity index (χ1n) is 5.34. The van der Waals surface area contributed by atoms with Gasteiger partial charge in [-0.15, -0.1) is 0 Å². The minimum absolute atomic E-state index is 0.829. The van der Waals surface area contributed by atoms with Gasteiger partial charge in [0.15, 0.2) is 0 Å². The molecule has 74 valence electrons. The molecule has 0 saturated carbocycles. The second kappa shape index (κ2) is 5.98. The summed E-state index contributed by atoms with van der Waals surface area (Å²) in [4.78, 5) is 0. The van der Waals surface area contributed by atoms with Crippen LogP contribution in [0.5, 0.6) is 0 Å². The zero-order valence-electron chi connectivity index (χ0n) is 8.81. The molecule has 1 heterocycles. The fourth-order valence-electron chi connectivity index (χ4n) is 1.47. The van der Waals surface area contributed by atoms with Crippen molar-refractivity contribution < 1.29 is 4.74 Å². The maximum Gasteiger partial charge on any atom is 0.0721 e. The summed E-state index contributed by atoms with van der Waals surface area (Å²) in [5, 5.41) is 0. The molecule has 1 nitrogen and oxygen atoms in total. The van der Waals surface area contributed by atoms with Crippen LogP contribution in [0.2, 0.25) is 0 Å². The Bertz CT molecular complexity index is 179. The molecule has 0 radical (unpaired) electrons. The summed E-state index contributed by atoms with van der Waals surface area (Å²) < 4.78 is 5.43. The number of ether oxygens (including phenoxy) is 1. The smallest absolute Gasteiger partial charge is 0.0721 e.